The van der Waals surface area contributed by atoms with E-state index in [2.05, 4.69) is 24.1 Å². The predicted molar refractivity (Wildman–Crippen MR) is 103 cm³/mol. The minimum atomic E-state index is 0.0257. The van der Waals surface area contributed by atoms with Crippen LogP contribution in [0.1, 0.15) is 50.7 Å². The van der Waals surface area contributed by atoms with Crippen molar-refractivity contribution in [2.75, 3.05) is 19.6 Å². The first kappa shape index (κ1) is 18.3. The fourth-order valence-corrected chi connectivity index (χ4v) is 4.70. The molecule has 4 rings (SSSR count). The molecule has 27 heavy (non-hydrogen) atoms. The summed E-state index contributed by atoms with van der Waals surface area (Å²) in [6, 6.07) is 2.02. The van der Waals surface area contributed by atoms with Gasteiger partial charge in [0.2, 0.25) is 5.91 Å². The first-order valence-electron chi connectivity index (χ1n) is 10.2. The van der Waals surface area contributed by atoms with Crippen LogP contribution in [0.5, 0.6) is 0 Å². The third-order valence-corrected chi connectivity index (χ3v) is 6.57. The van der Waals surface area contributed by atoms with E-state index in [1.165, 1.54) is 12.0 Å². The molecule has 0 unspecified atom stereocenters. The van der Waals surface area contributed by atoms with E-state index in [9.17, 15) is 9.59 Å². The number of carbonyl (C=O) groups is 2. The number of hydrogen-bond donors (Lipinski definition) is 1. The lowest BCUT2D eigenvalue weighted by Crippen LogP contribution is -2.41. The normalized spacial score (nSPS) is 22.9. The first-order chi connectivity index (χ1) is 13.0. The van der Waals surface area contributed by atoms with Crippen molar-refractivity contribution >= 4 is 11.9 Å². The van der Waals surface area contributed by atoms with Crippen LogP contribution in [0.2, 0.25) is 0 Å². The lowest BCUT2D eigenvalue weighted by atomic mass is 9.90. The molecule has 1 saturated heterocycles. The van der Waals surface area contributed by atoms with Gasteiger partial charge in [0, 0.05) is 51.5 Å². The SMILES string of the molecule is CC(C)CC(=O)N1CCC2(CC1)C[C@H]2CNC(=O)N1Cc2ccncc2C1. The van der Waals surface area contributed by atoms with E-state index in [4.69, 9.17) is 0 Å². The van der Waals surface area contributed by atoms with Crippen LogP contribution < -0.4 is 5.32 Å². The molecule has 1 aromatic heterocycles. The van der Waals surface area contributed by atoms with Crippen molar-refractivity contribution < 1.29 is 9.59 Å². The predicted octanol–water partition coefficient (Wildman–Crippen LogP) is 2.78. The van der Waals surface area contributed by atoms with E-state index in [-0.39, 0.29) is 6.03 Å². The number of nitrogens with zero attached hydrogens (tertiary/aromatic N) is 3. The maximum Gasteiger partial charge on any atom is 0.318 e. The van der Waals surface area contributed by atoms with E-state index in [0.717, 1.165) is 38.0 Å². The lowest BCUT2D eigenvalue weighted by molar-refractivity contribution is -0.133. The molecule has 1 aliphatic carbocycles. The van der Waals surface area contributed by atoms with Crippen LogP contribution in [0.15, 0.2) is 18.5 Å². The molecule has 1 aromatic rings. The van der Waals surface area contributed by atoms with Crippen LogP contribution in [0.3, 0.4) is 0 Å². The van der Waals surface area contributed by atoms with Gasteiger partial charge in [-0.2, -0.15) is 0 Å². The highest BCUT2D eigenvalue weighted by atomic mass is 16.2. The molecule has 1 saturated carbocycles. The van der Waals surface area contributed by atoms with E-state index in [1.807, 2.05) is 22.1 Å². The van der Waals surface area contributed by atoms with Crippen molar-refractivity contribution in [3.8, 4) is 0 Å². The van der Waals surface area contributed by atoms with Crippen LogP contribution in [0, 0.1) is 17.3 Å². The Hall–Kier alpha value is -2.11. The van der Waals surface area contributed by atoms with Crippen molar-refractivity contribution in [3.63, 3.8) is 0 Å². The molecule has 1 spiro atoms. The molecule has 1 N–H and O–H groups in total. The Morgan fingerprint density at radius 2 is 1.96 bits per heavy atom. The molecule has 1 atom stereocenters. The number of fused-ring (bicyclic) bond motifs is 1. The monoisotopic (exact) mass is 370 g/mol. The average Bonchev–Trinajstić information content (AvgIpc) is 3.12. The van der Waals surface area contributed by atoms with Gasteiger partial charge in [0.25, 0.3) is 0 Å². The van der Waals surface area contributed by atoms with Gasteiger partial charge in [0.05, 0.1) is 0 Å². The molecule has 3 amide bonds. The molecule has 2 fully saturated rings. The van der Waals surface area contributed by atoms with Crippen molar-refractivity contribution in [1.82, 2.24) is 20.1 Å². The van der Waals surface area contributed by atoms with Crippen LogP contribution in [-0.4, -0.2) is 46.4 Å². The minimum Gasteiger partial charge on any atom is -0.343 e. The third kappa shape index (κ3) is 3.80. The first-order valence-corrected chi connectivity index (χ1v) is 10.2. The topological polar surface area (TPSA) is 65.5 Å². The summed E-state index contributed by atoms with van der Waals surface area (Å²) in [5.41, 5.74) is 2.70. The van der Waals surface area contributed by atoms with E-state index in [0.29, 0.717) is 42.7 Å². The molecule has 0 radical (unpaired) electrons. The van der Waals surface area contributed by atoms with Crippen molar-refractivity contribution in [3.05, 3.63) is 29.6 Å². The van der Waals surface area contributed by atoms with Crippen LogP contribution in [0.4, 0.5) is 4.79 Å². The number of urea groups is 1. The quantitative estimate of drug-likeness (QED) is 0.886. The number of piperidine rings is 1. The minimum absolute atomic E-state index is 0.0257. The van der Waals surface area contributed by atoms with Gasteiger partial charge in [-0.3, -0.25) is 9.78 Å². The zero-order chi connectivity index (χ0) is 19.0. The average molecular weight is 370 g/mol. The number of likely N-dealkylation sites (tertiary alicyclic amines) is 1. The van der Waals surface area contributed by atoms with Gasteiger partial charge >= 0.3 is 6.03 Å². The highest BCUT2D eigenvalue weighted by Crippen LogP contribution is 2.59. The number of nitrogens with one attached hydrogen (secondary N) is 1. The molecule has 6 heteroatoms. The van der Waals surface area contributed by atoms with E-state index in [1.54, 1.807) is 6.20 Å². The Balaban J connectivity index is 1.21. The standard InChI is InChI=1S/C21H30N4O2/c1-15(2)9-19(26)24-7-4-21(5-8-24)10-18(21)12-23-20(27)25-13-16-3-6-22-11-17(16)14-25/h3,6,11,15,18H,4-5,7-10,12-14H2,1-2H3,(H,23,27)/t18-/m0/s1. The molecule has 0 bridgehead atoms. The van der Waals surface area contributed by atoms with Gasteiger partial charge in [-0.1, -0.05) is 13.8 Å². The molecule has 6 nitrogen and oxygen atoms in total. The third-order valence-electron chi connectivity index (χ3n) is 6.57. The zero-order valence-corrected chi connectivity index (χ0v) is 16.4. The summed E-state index contributed by atoms with van der Waals surface area (Å²) >= 11 is 0. The molecular weight excluding hydrogens is 340 g/mol. The van der Waals surface area contributed by atoms with Crippen LogP contribution >= 0.6 is 0 Å². The second-order valence-electron chi connectivity index (χ2n) is 8.93. The Labute approximate surface area is 161 Å². The van der Waals surface area contributed by atoms with Crippen LogP contribution in [-0.2, 0) is 17.9 Å². The Morgan fingerprint density at radius 1 is 1.22 bits per heavy atom. The number of hydrogen-bond acceptors (Lipinski definition) is 3. The van der Waals surface area contributed by atoms with Crippen molar-refractivity contribution in [1.29, 1.82) is 0 Å². The van der Waals surface area contributed by atoms with Gasteiger partial charge in [-0.25, -0.2) is 4.79 Å². The summed E-state index contributed by atoms with van der Waals surface area (Å²) in [4.78, 5) is 32.8. The summed E-state index contributed by atoms with van der Waals surface area (Å²) in [5, 5.41) is 3.14. The summed E-state index contributed by atoms with van der Waals surface area (Å²) in [5.74, 6) is 1.29. The summed E-state index contributed by atoms with van der Waals surface area (Å²) in [6.45, 7) is 8.03. The van der Waals surface area contributed by atoms with Gasteiger partial charge in [-0.05, 0) is 53.7 Å². The number of carbonyl (C=O) groups excluding carboxylic acids is 2. The molecule has 146 valence electrons. The molecular formula is C21H30N4O2. The maximum absolute atomic E-state index is 12.5. The smallest absolute Gasteiger partial charge is 0.318 e. The van der Waals surface area contributed by atoms with Gasteiger partial charge < -0.3 is 15.1 Å². The van der Waals surface area contributed by atoms with Crippen molar-refractivity contribution in [2.24, 2.45) is 17.3 Å². The Morgan fingerprint density at radius 3 is 2.67 bits per heavy atom. The van der Waals surface area contributed by atoms with Gasteiger partial charge in [-0.15, -0.1) is 0 Å². The largest absolute Gasteiger partial charge is 0.343 e. The van der Waals surface area contributed by atoms with E-state index < -0.39 is 0 Å². The fraction of sp³-hybridized carbons (Fsp3) is 0.667. The highest BCUT2D eigenvalue weighted by Gasteiger charge is 2.54. The molecule has 0 aromatic carbocycles. The second-order valence-corrected chi connectivity index (χ2v) is 8.93. The van der Waals surface area contributed by atoms with Gasteiger partial charge in [0.1, 0.15) is 0 Å². The number of rotatable bonds is 4. The van der Waals surface area contributed by atoms with Gasteiger partial charge in [0.15, 0.2) is 0 Å². The zero-order valence-electron chi connectivity index (χ0n) is 16.4. The fourth-order valence-electron chi connectivity index (χ4n) is 4.70. The van der Waals surface area contributed by atoms with Crippen LogP contribution in [0.25, 0.3) is 0 Å². The summed E-state index contributed by atoms with van der Waals surface area (Å²) in [7, 11) is 0. The number of amides is 3. The summed E-state index contributed by atoms with van der Waals surface area (Å²) in [6.07, 6.45) is 7.64. The maximum atomic E-state index is 12.5. The lowest BCUT2D eigenvalue weighted by Gasteiger charge is -2.33. The second kappa shape index (κ2) is 7.13. The highest BCUT2D eigenvalue weighted by molar-refractivity contribution is 5.76. The number of pyridine rings is 1. The molecule has 2 aliphatic heterocycles. The van der Waals surface area contributed by atoms with E-state index >= 15 is 0 Å². The number of aromatic nitrogens is 1. The Bertz CT molecular complexity index is 700. The molecule has 3 heterocycles. The molecule has 3 aliphatic rings. The van der Waals surface area contributed by atoms with Crippen molar-refractivity contribution in [2.45, 2.75) is 52.6 Å². The summed E-state index contributed by atoms with van der Waals surface area (Å²) < 4.78 is 0. The Kier molecular flexibility index (Phi) is 4.82.